The topological polar surface area (TPSA) is 65.0 Å². The van der Waals surface area contributed by atoms with E-state index in [0.29, 0.717) is 16.9 Å². The van der Waals surface area contributed by atoms with Gasteiger partial charge < -0.3 is 9.47 Å². The molecule has 29 heavy (non-hydrogen) atoms. The molecule has 0 N–H and O–H groups in total. The lowest BCUT2D eigenvalue weighted by atomic mass is 10.2. The van der Waals surface area contributed by atoms with E-state index < -0.39 is 17.8 Å². The normalized spacial score (nSPS) is 14.4. The Balaban J connectivity index is 1.51. The monoisotopic (exact) mass is 387 g/mol. The number of carbonyl (C=O) groups excluding carboxylic acids is 2. The van der Waals surface area contributed by atoms with E-state index in [2.05, 4.69) is 4.99 Å². The number of nitrogens with zero attached hydrogens (tertiary/aromatic N) is 1. The number of hydrogen-bond donors (Lipinski definition) is 0. The van der Waals surface area contributed by atoms with Gasteiger partial charge in [0.15, 0.2) is 5.70 Å². The van der Waals surface area contributed by atoms with Crippen LogP contribution in [0.15, 0.2) is 89.6 Å². The van der Waals surface area contributed by atoms with Crippen LogP contribution < -0.4 is 4.74 Å². The second kappa shape index (κ2) is 7.90. The third-order valence-electron chi connectivity index (χ3n) is 4.13. The fourth-order valence-corrected chi connectivity index (χ4v) is 2.69. The quantitative estimate of drug-likeness (QED) is 0.378. The van der Waals surface area contributed by atoms with Crippen LogP contribution in [0.5, 0.6) is 5.75 Å². The molecule has 0 saturated carbocycles. The fraction of sp³-hybridized carbons (Fsp3) is 0. The zero-order valence-corrected chi connectivity index (χ0v) is 15.0. The fourth-order valence-electron chi connectivity index (χ4n) is 2.69. The van der Waals surface area contributed by atoms with E-state index >= 15 is 0 Å². The molecule has 4 rings (SSSR count). The van der Waals surface area contributed by atoms with Crippen LogP contribution in [0.25, 0.3) is 6.08 Å². The molecule has 0 aliphatic carbocycles. The Morgan fingerprint density at radius 3 is 2.34 bits per heavy atom. The summed E-state index contributed by atoms with van der Waals surface area (Å²) in [7, 11) is 0. The van der Waals surface area contributed by atoms with E-state index in [1.165, 1.54) is 18.2 Å². The Morgan fingerprint density at radius 1 is 0.931 bits per heavy atom. The van der Waals surface area contributed by atoms with Crippen molar-refractivity contribution < 1.29 is 23.5 Å². The van der Waals surface area contributed by atoms with E-state index in [1.54, 1.807) is 60.7 Å². The highest BCUT2D eigenvalue weighted by Gasteiger charge is 2.25. The summed E-state index contributed by atoms with van der Waals surface area (Å²) in [4.78, 5) is 28.2. The number of hydrogen-bond acceptors (Lipinski definition) is 5. The van der Waals surface area contributed by atoms with Crippen LogP contribution in [0.1, 0.15) is 21.5 Å². The lowest BCUT2D eigenvalue weighted by molar-refractivity contribution is -0.129. The Morgan fingerprint density at radius 2 is 1.62 bits per heavy atom. The largest absolute Gasteiger partial charge is 0.423 e. The van der Waals surface area contributed by atoms with Crippen molar-refractivity contribution in [2.24, 2.45) is 4.99 Å². The number of benzene rings is 3. The molecular weight excluding hydrogens is 373 g/mol. The number of carbonyl (C=O) groups is 2. The molecule has 0 amide bonds. The molecule has 1 aliphatic rings. The van der Waals surface area contributed by atoms with Gasteiger partial charge in [0.25, 0.3) is 0 Å². The molecule has 0 aromatic heterocycles. The standard InChI is InChI=1S/C23H14FNO4/c24-19-9-5-4-8-18(19)21-25-20(23(27)29-21)14-15-10-12-17(13-11-15)28-22(26)16-6-2-1-3-7-16/h1-14H/b20-14-. The van der Waals surface area contributed by atoms with Crippen LogP contribution >= 0.6 is 0 Å². The lowest BCUT2D eigenvalue weighted by Gasteiger charge is -2.04. The predicted molar refractivity (Wildman–Crippen MR) is 105 cm³/mol. The Labute approximate surface area is 165 Å². The second-order valence-corrected chi connectivity index (χ2v) is 6.14. The molecule has 0 spiro atoms. The first-order chi connectivity index (χ1) is 14.1. The molecule has 0 radical (unpaired) electrons. The van der Waals surface area contributed by atoms with Crippen LogP contribution in [-0.2, 0) is 9.53 Å². The molecule has 0 saturated heterocycles. The molecule has 1 aliphatic heterocycles. The summed E-state index contributed by atoms with van der Waals surface area (Å²) in [6.07, 6.45) is 1.51. The van der Waals surface area contributed by atoms with Crippen LogP contribution in [-0.4, -0.2) is 17.8 Å². The average molecular weight is 387 g/mol. The van der Waals surface area contributed by atoms with Gasteiger partial charge in [0, 0.05) is 0 Å². The first kappa shape index (κ1) is 18.3. The van der Waals surface area contributed by atoms with E-state index in [0.717, 1.165) is 0 Å². The van der Waals surface area contributed by atoms with Gasteiger partial charge in [0.05, 0.1) is 11.1 Å². The number of aliphatic imine (C=N–C) groups is 1. The molecule has 142 valence electrons. The Bertz CT molecular complexity index is 1140. The molecule has 6 heteroatoms. The maximum absolute atomic E-state index is 13.9. The van der Waals surface area contributed by atoms with Gasteiger partial charge in [-0.15, -0.1) is 0 Å². The van der Waals surface area contributed by atoms with Crippen LogP contribution in [0.2, 0.25) is 0 Å². The van der Waals surface area contributed by atoms with Gasteiger partial charge in [0.2, 0.25) is 5.90 Å². The highest BCUT2D eigenvalue weighted by molar-refractivity contribution is 6.12. The number of cyclic esters (lactones) is 1. The van der Waals surface area contributed by atoms with Crippen LogP contribution in [0.3, 0.4) is 0 Å². The summed E-state index contributed by atoms with van der Waals surface area (Å²) in [5, 5.41) is 0. The predicted octanol–water partition coefficient (Wildman–Crippen LogP) is 4.39. The van der Waals surface area contributed by atoms with Gasteiger partial charge in [0.1, 0.15) is 11.6 Å². The Kier molecular flexibility index (Phi) is 4.99. The van der Waals surface area contributed by atoms with E-state index in [4.69, 9.17) is 9.47 Å². The molecule has 0 atom stereocenters. The highest BCUT2D eigenvalue weighted by Crippen LogP contribution is 2.22. The van der Waals surface area contributed by atoms with Crippen LogP contribution in [0.4, 0.5) is 4.39 Å². The molecule has 0 fully saturated rings. The third kappa shape index (κ3) is 4.11. The summed E-state index contributed by atoms with van der Waals surface area (Å²) < 4.78 is 24.2. The van der Waals surface area contributed by atoms with E-state index in [1.807, 2.05) is 6.07 Å². The number of esters is 2. The number of rotatable bonds is 4. The second-order valence-electron chi connectivity index (χ2n) is 6.14. The Hall–Kier alpha value is -4.06. The number of ether oxygens (including phenoxy) is 2. The van der Waals surface area contributed by atoms with Gasteiger partial charge in [-0.3, -0.25) is 0 Å². The van der Waals surface area contributed by atoms with E-state index in [9.17, 15) is 14.0 Å². The summed E-state index contributed by atoms with van der Waals surface area (Å²) >= 11 is 0. The molecule has 1 heterocycles. The minimum atomic E-state index is -0.664. The average Bonchev–Trinajstić information content (AvgIpc) is 3.10. The summed E-state index contributed by atoms with van der Waals surface area (Å²) in [6.45, 7) is 0. The molecular formula is C23H14FNO4. The molecule has 3 aromatic rings. The van der Waals surface area contributed by atoms with Gasteiger partial charge >= 0.3 is 11.9 Å². The maximum atomic E-state index is 13.9. The zero-order chi connectivity index (χ0) is 20.2. The summed E-state index contributed by atoms with van der Waals surface area (Å²) in [6, 6.07) is 21.1. The minimum absolute atomic E-state index is 0.0530. The van der Waals surface area contributed by atoms with Gasteiger partial charge in [-0.1, -0.05) is 42.5 Å². The number of halogens is 1. The molecule has 0 bridgehead atoms. The smallest absolute Gasteiger partial charge is 0.363 e. The van der Waals surface area contributed by atoms with Crippen molar-refractivity contribution in [2.45, 2.75) is 0 Å². The molecule has 3 aromatic carbocycles. The van der Waals surface area contributed by atoms with Crippen molar-refractivity contribution >= 4 is 23.9 Å². The minimum Gasteiger partial charge on any atom is -0.423 e. The van der Waals surface area contributed by atoms with Crippen LogP contribution in [0, 0.1) is 5.82 Å². The van der Waals surface area contributed by atoms with Crippen molar-refractivity contribution in [1.29, 1.82) is 0 Å². The van der Waals surface area contributed by atoms with E-state index in [-0.39, 0.29) is 17.2 Å². The molecule has 0 unspecified atom stereocenters. The summed E-state index contributed by atoms with van der Waals surface area (Å²) in [5.74, 6) is -1.36. The zero-order valence-electron chi connectivity index (χ0n) is 15.0. The van der Waals surface area contributed by atoms with Crippen molar-refractivity contribution in [3.63, 3.8) is 0 Å². The van der Waals surface area contributed by atoms with Crippen molar-refractivity contribution in [3.8, 4) is 5.75 Å². The summed E-state index contributed by atoms with van der Waals surface area (Å²) in [5.41, 5.74) is 1.27. The highest BCUT2D eigenvalue weighted by atomic mass is 19.1. The van der Waals surface area contributed by atoms with Gasteiger partial charge in [-0.2, -0.15) is 0 Å². The van der Waals surface area contributed by atoms with Gasteiger partial charge in [-0.25, -0.2) is 19.0 Å². The van der Waals surface area contributed by atoms with Gasteiger partial charge in [-0.05, 0) is 48.0 Å². The van der Waals surface area contributed by atoms with Crippen molar-refractivity contribution in [1.82, 2.24) is 0 Å². The first-order valence-corrected chi connectivity index (χ1v) is 8.75. The third-order valence-corrected chi connectivity index (χ3v) is 4.13. The maximum Gasteiger partial charge on any atom is 0.363 e. The van der Waals surface area contributed by atoms with Crippen molar-refractivity contribution in [2.75, 3.05) is 0 Å². The molecule has 5 nitrogen and oxygen atoms in total. The first-order valence-electron chi connectivity index (χ1n) is 8.75. The van der Waals surface area contributed by atoms with Crippen molar-refractivity contribution in [3.05, 3.63) is 107 Å². The lowest BCUT2D eigenvalue weighted by Crippen LogP contribution is -2.08. The SMILES string of the molecule is O=C1OC(c2ccccc2F)=N/C1=C\c1ccc(OC(=O)c2ccccc2)cc1.